The molecule has 0 amide bonds. The van der Waals surface area contributed by atoms with Crippen molar-refractivity contribution < 1.29 is 22.9 Å². The van der Waals surface area contributed by atoms with Gasteiger partial charge in [-0.1, -0.05) is 11.0 Å². The molecule has 1 aliphatic carbocycles. The van der Waals surface area contributed by atoms with Gasteiger partial charge in [-0.05, 0) is 37.8 Å². The third-order valence-electron chi connectivity index (χ3n) is 4.73. The maximum Gasteiger partial charge on any atom is 0.558 e. The van der Waals surface area contributed by atoms with E-state index in [9.17, 15) is 18.0 Å². The van der Waals surface area contributed by atoms with Crippen molar-refractivity contribution >= 4 is 5.82 Å². The van der Waals surface area contributed by atoms with E-state index in [0.717, 1.165) is 30.3 Å². The fourth-order valence-corrected chi connectivity index (χ4v) is 3.20. The van der Waals surface area contributed by atoms with Crippen molar-refractivity contribution in [3.63, 3.8) is 0 Å². The number of nitrogens with one attached hydrogen (secondary N) is 1. The zero-order valence-electron chi connectivity index (χ0n) is 15.5. The second-order valence-electron chi connectivity index (χ2n) is 6.90. The fourth-order valence-electron chi connectivity index (χ4n) is 3.20. The van der Waals surface area contributed by atoms with Crippen LogP contribution in [-0.2, 0) is 11.4 Å². The van der Waals surface area contributed by atoms with Crippen molar-refractivity contribution in [1.29, 1.82) is 0 Å². The number of nitrogen functional groups attached to an aromatic ring is 1. The van der Waals surface area contributed by atoms with Gasteiger partial charge < -0.3 is 21.7 Å². The average Bonchev–Trinajstić information content (AvgIpc) is 2.66. The van der Waals surface area contributed by atoms with E-state index in [1.165, 1.54) is 18.3 Å². The fraction of sp³-hybridized carbons (Fsp3) is 0.444. The van der Waals surface area contributed by atoms with Crippen LogP contribution < -0.4 is 27.4 Å². The first-order valence-corrected chi connectivity index (χ1v) is 9.11. The zero-order valence-corrected chi connectivity index (χ0v) is 15.5. The first kappa shape index (κ1) is 21.1. The number of hydrogen-bond acceptors (Lipinski definition) is 7. The minimum atomic E-state index is -4.97. The lowest BCUT2D eigenvalue weighted by Gasteiger charge is -2.27. The first-order chi connectivity index (χ1) is 13.7. The molecule has 1 aromatic carbocycles. The lowest BCUT2D eigenvalue weighted by Crippen LogP contribution is -2.37. The predicted molar refractivity (Wildman–Crippen MR) is 99.1 cm³/mol. The molecular weight excluding hydrogens is 391 g/mol. The molecule has 1 fully saturated rings. The van der Waals surface area contributed by atoms with Gasteiger partial charge in [-0.15, -0.1) is 13.2 Å². The number of benzene rings is 1. The van der Waals surface area contributed by atoms with E-state index in [4.69, 9.17) is 11.5 Å². The predicted octanol–water partition coefficient (Wildman–Crippen LogP) is 2.00. The minimum absolute atomic E-state index is 0.0381. The highest BCUT2D eigenvalue weighted by Gasteiger charge is 2.32. The Labute approximate surface area is 164 Å². The molecule has 1 aliphatic rings. The van der Waals surface area contributed by atoms with Crippen LogP contribution in [0.1, 0.15) is 31.2 Å². The third kappa shape index (κ3) is 5.92. The normalized spacial score (nSPS) is 19.9. The molecule has 1 saturated carbocycles. The number of alkyl halides is 3. The smallest absolute Gasteiger partial charge is 0.383 e. The first-order valence-electron chi connectivity index (χ1n) is 9.11. The summed E-state index contributed by atoms with van der Waals surface area (Å²) >= 11 is 0. The van der Waals surface area contributed by atoms with Gasteiger partial charge in [0.05, 0.1) is 5.69 Å². The Bertz CT molecular complexity index is 895. The summed E-state index contributed by atoms with van der Waals surface area (Å²) in [4.78, 5) is 23.7. The number of rotatable bonds is 6. The summed E-state index contributed by atoms with van der Waals surface area (Å²) in [6.45, 7) is 0.269. The molecule has 8 nitrogen and oxygen atoms in total. The van der Waals surface area contributed by atoms with Crippen molar-refractivity contribution in [1.82, 2.24) is 14.9 Å². The van der Waals surface area contributed by atoms with Crippen LogP contribution in [0.3, 0.4) is 0 Å². The monoisotopic (exact) mass is 413 g/mol. The lowest BCUT2D eigenvalue weighted by molar-refractivity contribution is -0.445. The molecule has 2 aromatic rings. The van der Waals surface area contributed by atoms with Crippen LogP contribution in [0.2, 0.25) is 0 Å². The van der Waals surface area contributed by atoms with Gasteiger partial charge in [0.25, 0.3) is 0 Å². The Morgan fingerprint density at radius 3 is 2.59 bits per heavy atom. The second-order valence-corrected chi connectivity index (χ2v) is 6.90. The van der Waals surface area contributed by atoms with Crippen LogP contribution in [0.25, 0.3) is 5.69 Å². The van der Waals surface area contributed by atoms with Gasteiger partial charge in [-0.25, -0.2) is 4.79 Å². The largest absolute Gasteiger partial charge is 0.558 e. The number of aromatic nitrogens is 2. The third-order valence-corrected chi connectivity index (χ3v) is 4.73. The van der Waals surface area contributed by atoms with Crippen LogP contribution in [0.4, 0.5) is 19.0 Å². The van der Waals surface area contributed by atoms with E-state index in [0.29, 0.717) is 5.56 Å². The minimum Gasteiger partial charge on any atom is -0.383 e. The van der Waals surface area contributed by atoms with E-state index >= 15 is 0 Å². The standard InChI is InChI=1S/C18H22F3N5O3/c19-18(20,21)29-28-15-9-14(26-8-7-16(23)25-17(26)27)6-1-11(15)10-24-13-4-2-12(22)3-5-13/h1,6-9,12-13,24H,2-5,10,22H2,(H2,23,25,27). The molecule has 0 radical (unpaired) electrons. The number of hydrogen-bond donors (Lipinski definition) is 3. The van der Waals surface area contributed by atoms with E-state index < -0.39 is 12.1 Å². The van der Waals surface area contributed by atoms with Crippen molar-refractivity contribution in [3.8, 4) is 11.4 Å². The molecule has 0 atom stereocenters. The molecule has 0 unspecified atom stereocenters. The van der Waals surface area contributed by atoms with Gasteiger partial charge in [0.2, 0.25) is 0 Å². The second kappa shape index (κ2) is 8.80. The molecule has 5 N–H and O–H groups in total. The van der Waals surface area contributed by atoms with E-state index in [1.54, 1.807) is 12.1 Å². The highest BCUT2D eigenvalue weighted by molar-refractivity contribution is 5.45. The van der Waals surface area contributed by atoms with E-state index in [2.05, 4.69) is 20.1 Å². The molecule has 158 valence electrons. The summed E-state index contributed by atoms with van der Waals surface area (Å²) in [7, 11) is 0. The Hall–Kier alpha value is -2.63. The highest BCUT2D eigenvalue weighted by Crippen LogP contribution is 2.27. The van der Waals surface area contributed by atoms with Crippen LogP contribution in [0.5, 0.6) is 5.75 Å². The molecule has 0 aliphatic heterocycles. The van der Waals surface area contributed by atoms with Crippen molar-refractivity contribution in [2.75, 3.05) is 5.73 Å². The average molecular weight is 413 g/mol. The highest BCUT2D eigenvalue weighted by atomic mass is 19.4. The summed E-state index contributed by atoms with van der Waals surface area (Å²) in [5.41, 5.74) is 11.4. The number of nitrogens with two attached hydrogens (primary N) is 2. The van der Waals surface area contributed by atoms with Gasteiger partial charge >= 0.3 is 12.1 Å². The maximum atomic E-state index is 12.5. The van der Waals surface area contributed by atoms with Crippen molar-refractivity contribution in [3.05, 3.63) is 46.5 Å². The molecular formula is C18H22F3N5O3. The zero-order chi connectivity index (χ0) is 21.0. The van der Waals surface area contributed by atoms with Crippen molar-refractivity contribution in [2.24, 2.45) is 5.73 Å². The molecule has 0 saturated heterocycles. The van der Waals surface area contributed by atoms with E-state index in [1.807, 2.05) is 0 Å². The Morgan fingerprint density at radius 1 is 1.21 bits per heavy atom. The summed E-state index contributed by atoms with van der Waals surface area (Å²) in [6.07, 6.45) is -0.0340. The summed E-state index contributed by atoms with van der Waals surface area (Å²) in [5.74, 6) is -0.125. The number of nitrogens with zero attached hydrogens (tertiary/aromatic N) is 2. The maximum absolute atomic E-state index is 12.5. The Morgan fingerprint density at radius 2 is 1.93 bits per heavy atom. The Kier molecular flexibility index (Phi) is 6.40. The van der Waals surface area contributed by atoms with Gasteiger partial charge in [0.15, 0.2) is 5.75 Å². The molecule has 0 spiro atoms. The van der Waals surface area contributed by atoms with Gasteiger partial charge in [-0.3, -0.25) is 4.57 Å². The SMILES string of the molecule is Nc1ccn(-c2ccc(CNC3CCC(N)CC3)c(OOC(F)(F)F)c2)c(=O)n1. The Balaban J connectivity index is 1.81. The quantitative estimate of drug-likeness (QED) is 0.490. The van der Waals surface area contributed by atoms with Crippen LogP contribution in [0, 0.1) is 0 Å². The molecule has 3 rings (SSSR count). The summed E-state index contributed by atoms with van der Waals surface area (Å²) in [5, 5.41) is 3.30. The van der Waals surface area contributed by atoms with Gasteiger partial charge in [0.1, 0.15) is 5.82 Å². The molecule has 0 bridgehead atoms. The van der Waals surface area contributed by atoms with Crippen molar-refractivity contribution in [2.45, 2.75) is 50.7 Å². The molecule has 11 heteroatoms. The summed E-state index contributed by atoms with van der Waals surface area (Å²) < 4.78 is 38.5. The number of anilines is 1. The van der Waals surface area contributed by atoms with Crippen LogP contribution in [-0.4, -0.2) is 28.0 Å². The van der Waals surface area contributed by atoms with Crippen LogP contribution in [0.15, 0.2) is 35.3 Å². The lowest BCUT2D eigenvalue weighted by atomic mass is 9.92. The van der Waals surface area contributed by atoms with Crippen LogP contribution >= 0.6 is 0 Å². The molecule has 1 heterocycles. The van der Waals surface area contributed by atoms with Gasteiger partial charge in [-0.2, -0.15) is 4.98 Å². The number of halogens is 3. The summed E-state index contributed by atoms with van der Waals surface area (Å²) in [6, 6.07) is 6.23. The molecule has 1 aromatic heterocycles. The van der Waals surface area contributed by atoms with E-state index in [-0.39, 0.29) is 35.9 Å². The topological polar surface area (TPSA) is 117 Å². The van der Waals surface area contributed by atoms with Gasteiger partial charge in [0, 0.05) is 36.5 Å². The molecule has 29 heavy (non-hydrogen) atoms.